The van der Waals surface area contributed by atoms with E-state index < -0.39 is 0 Å². The molecule has 0 amide bonds. The SMILES string of the molecule is CC(C)c1cccc2cnc(-c3[c-]cccc3)cc12.CCC1(CC)CCC2CCC(CC)(CC)C(O)=C2C1=O.[Ir]. The number of benzene rings is 2. The summed E-state index contributed by atoms with van der Waals surface area (Å²) in [6.07, 6.45) is 9.83. The number of carbonyl (C=O) groups excluding carboxylic acids is 1. The molecule has 1 radical (unpaired) electrons. The number of pyridine rings is 1. The van der Waals surface area contributed by atoms with Crippen LogP contribution in [0.5, 0.6) is 0 Å². The van der Waals surface area contributed by atoms with Gasteiger partial charge in [-0.05, 0) is 85.2 Å². The van der Waals surface area contributed by atoms with Gasteiger partial charge >= 0.3 is 0 Å². The summed E-state index contributed by atoms with van der Waals surface area (Å²) in [5, 5.41) is 13.4. The van der Waals surface area contributed by atoms with Gasteiger partial charge in [0.15, 0.2) is 5.78 Å². The van der Waals surface area contributed by atoms with Crippen molar-refractivity contribution in [2.45, 2.75) is 98.8 Å². The molecule has 1 fully saturated rings. The fraction of sp³-hybridized carbons (Fsp3) is 0.500. The molecule has 0 spiro atoms. The quantitative estimate of drug-likeness (QED) is 0.259. The molecule has 1 atom stereocenters. The number of hydrogen-bond donors (Lipinski definition) is 1. The van der Waals surface area contributed by atoms with E-state index in [-0.39, 0.29) is 36.7 Å². The van der Waals surface area contributed by atoms with Crippen molar-refractivity contribution in [1.29, 1.82) is 0 Å². The zero-order valence-corrected chi connectivity index (χ0v) is 27.5. The molecule has 2 aliphatic carbocycles. The summed E-state index contributed by atoms with van der Waals surface area (Å²) in [7, 11) is 0. The van der Waals surface area contributed by atoms with E-state index >= 15 is 0 Å². The molecule has 3 nitrogen and oxygen atoms in total. The van der Waals surface area contributed by atoms with Gasteiger partial charge in [-0.3, -0.25) is 4.79 Å². The van der Waals surface area contributed by atoms with Crippen LogP contribution < -0.4 is 0 Å². The number of carbonyl (C=O) groups is 1. The number of nitrogens with zero attached hydrogens (tertiary/aromatic N) is 1. The van der Waals surface area contributed by atoms with Gasteiger partial charge < -0.3 is 10.1 Å². The van der Waals surface area contributed by atoms with Crippen LogP contribution in [0.2, 0.25) is 0 Å². The Balaban J connectivity index is 0.000000215. The predicted octanol–water partition coefficient (Wildman–Crippen LogP) is 10.0. The average molecular weight is 717 g/mol. The second kappa shape index (κ2) is 13.6. The number of allylic oxidation sites excluding steroid dienone is 2. The van der Waals surface area contributed by atoms with Gasteiger partial charge in [-0.1, -0.05) is 65.8 Å². The Bertz CT molecular complexity index is 1320. The van der Waals surface area contributed by atoms with Crippen molar-refractivity contribution in [3.05, 3.63) is 77.7 Å². The van der Waals surface area contributed by atoms with Crippen molar-refractivity contribution in [2.75, 3.05) is 0 Å². The molecule has 4 heteroatoms. The van der Waals surface area contributed by atoms with Crippen LogP contribution in [-0.2, 0) is 24.9 Å². The van der Waals surface area contributed by atoms with Crippen molar-refractivity contribution in [1.82, 2.24) is 4.98 Å². The molecule has 0 bridgehead atoms. The van der Waals surface area contributed by atoms with E-state index in [9.17, 15) is 9.90 Å². The number of hydrogen-bond acceptors (Lipinski definition) is 3. The minimum absolute atomic E-state index is 0. The number of aliphatic hydroxyl groups excluding tert-OH is 1. The fourth-order valence-electron chi connectivity index (χ4n) is 6.88. The third-order valence-electron chi connectivity index (χ3n) is 9.95. The molecule has 2 aliphatic rings. The van der Waals surface area contributed by atoms with Crippen LogP contribution in [0.15, 0.2) is 66.1 Å². The van der Waals surface area contributed by atoms with Gasteiger partial charge in [-0.15, -0.1) is 35.9 Å². The van der Waals surface area contributed by atoms with Crippen molar-refractivity contribution < 1.29 is 30.0 Å². The van der Waals surface area contributed by atoms with Crippen LogP contribution in [0.25, 0.3) is 22.0 Å². The van der Waals surface area contributed by atoms with Crippen LogP contribution >= 0.6 is 0 Å². The molecule has 1 N–H and O–H groups in total. The molecule has 3 aromatic rings. The third kappa shape index (κ3) is 6.00. The van der Waals surface area contributed by atoms with Crippen molar-refractivity contribution in [3.63, 3.8) is 0 Å². The second-order valence-corrected chi connectivity index (χ2v) is 11.9. The van der Waals surface area contributed by atoms with Gasteiger partial charge in [0.05, 0.1) is 0 Å². The van der Waals surface area contributed by atoms with E-state index in [1.54, 1.807) is 0 Å². The van der Waals surface area contributed by atoms with Gasteiger partial charge in [-0.25, -0.2) is 0 Å². The number of fused-ring (bicyclic) bond motifs is 2. The van der Waals surface area contributed by atoms with Crippen LogP contribution in [0.3, 0.4) is 0 Å². The van der Waals surface area contributed by atoms with Gasteiger partial charge in [0.2, 0.25) is 0 Å². The predicted molar refractivity (Wildman–Crippen MR) is 163 cm³/mol. The number of aliphatic hydroxyl groups is 1. The fourth-order valence-corrected chi connectivity index (χ4v) is 6.88. The topological polar surface area (TPSA) is 50.2 Å². The molecule has 0 saturated heterocycles. The maximum Gasteiger partial charge on any atom is 0.168 e. The zero-order chi connectivity index (χ0) is 28.2. The van der Waals surface area contributed by atoms with E-state index in [4.69, 9.17) is 0 Å². The van der Waals surface area contributed by atoms with Gasteiger partial charge in [0, 0.05) is 42.7 Å². The largest absolute Gasteiger partial charge is 0.511 e. The zero-order valence-electron chi connectivity index (χ0n) is 25.1. The molecule has 1 saturated carbocycles. The maximum atomic E-state index is 13.1. The van der Waals surface area contributed by atoms with Gasteiger partial charge in [-0.2, -0.15) is 0 Å². The third-order valence-corrected chi connectivity index (χ3v) is 9.95. The molecule has 40 heavy (non-hydrogen) atoms. The van der Waals surface area contributed by atoms with Gasteiger partial charge in [0.25, 0.3) is 0 Å². The van der Waals surface area contributed by atoms with E-state index in [0.29, 0.717) is 17.6 Å². The Hall–Kier alpha value is -2.29. The molecule has 5 rings (SSSR count). The molecule has 0 aliphatic heterocycles. The summed E-state index contributed by atoms with van der Waals surface area (Å²) >= 11 is 0. The monoisotopic (exact) mass is 717 g/mol. The van der Waals surface area contributed by atoms with E-state index in [1.165, 1.54) is 16.3 Å². The first-order chi connectivity index (χ1) is 18.8. The second-order valence-electron chi connectivity index (χ2n) is 11.9. The standard InChI is InChI=1S/C18H16N.C18H30O2.Ir/c1-13(2)16-10-6-9-15-12-19-18(11-17(15)16)14-7-4-3-5-8-14;1-5-17(6-2)11-9-13-10-12-18(7-3,8-4)16(20)14(13)15(17)19;/h3-7,9-13H,1-2H3;13,19H,5-12H2,1-4H3;/q-1;;. The normalized spacial score (nSPS) is 19.5. The summed E-state index contributed by atoms with van der Waals surface area (Å²) in [5.74, 6) is 1.55. The molecular weight excluding hydrogens is 671 g/mol. The summed E-state index contributed by atoms with van der Waals surface area (Å²) < 4.78 is 0. The van der Waals surface area contributed by atoms with Crippen LogP contribution in [0, 0.1) is 22.8 Å². The summed E-state index contributed by atoms with van der Waals surface area (Å²) in [6, 6.07) is 19.8. The molecule has 1 aromatic heterocycles. The number of aromatic nitrogens is 1. The van der Waals surface area contributed by atoms with E-state index in [2.05, 4.69) is 76.9 Å². The van der Waals surface area contributed by atoms with Crippen molar-refractivity contribution in [2.24, 2.45) is 16.7 Å². The Morgan fingerprint density at radius 2 is 1.60 bits per heavy atom. The maximum absolute atomic E-state index is 13.1. The van der Waals surface area contributed by atoms with Gasteiger partial charge in [0.1, 0.15) is 5.76 Å². The van der Waals surface area contributed by atoms with E-state index in [1.807, 2.05) is 30.5 Å². The first-order valence-corrected chi connectivity index (χ1v) is 15.1. The Morgan fingerprint density at radius 3 is 2.17 bits per heavy atom. The Morgan fingerprint density at radius 1 is 0.950 bits per heavy atom. The Labute approximate surface area is 255 Å². The van der Waals surface area contributed by atoms with Crippen LogP contribution in [0.1, 0.15) is 104 Å². The molecule has 1 unspecified atom stereocenters. The minimum atomic E-state index is -0.204. The number of Topliss-reactive ketones (excluding diaryl/α,β-unsaturated/α-hetero) is 1. The summed E-state index contributed by atoms with van der Waals surface area (Å²) in [4.78, 5) is 17.6. The minimum Gasteiger partial charge on any atom is -0.511 e. The average Bonchev–Trinajstić information content (AvgIpc) is 2.98. The first kappa shape index (κ1) is 32.2. The molecule has 1 heterocycles. The van der Waals surface area contributed by atoms with Crippen LogP contribution in [-0.4, -0.2) is 15.9 Å². The van der Waals surface area contributed by atoms with Crippen molar-refractivity contribution in [3.8, 4) is 11.3 Å². The number of rotatable bonds is 6. The number of ketones is 1. The van der Waals surface area contributed by atoms with E-state index in [0.717, 1.165) is 68.2 Å². The smallest absolute Gasteiger partial charge is 0.168 e. The summed E-state index contributed by atoms with van der Waals surface area (Å²) in [5.41, 5.74) is 3.88. The molecular formula is C36H46IrNO2-. The summed E-state index contributed by atoms with van der Waals surface area (Å²) in [6.45, 7) is 13.0. The van der Waals surface area contributed by atoms with Crippen LogP contribution in [0.4, 0.5) is 0 Å². The molecule has 217 valence electrons. The Kier molecular flexibility index (Phi) is 10.9. The molecule has 2 aromatic carbocycles. The van der Waals surface area contributed by atoms with Crippen molar-refractivity contribution >= 4 is 16.6 Å². The first-order valence-electron chi connectivity index (χ1n) is 15.1.